The van der Waals surface area contributed by atoms with Crippen LogP contribution in [0.1, 0.15) is 50.8 Å². The third-order valence-electron chi connectivity index (χ3n) is 7.46. The lowest BCUT2D eigenvalue weighted by atomic mass is 9.96. The second-order valence-corrected chi connectivity index (χ2v) is 12.6. The number of pyridine rings is 1. The van der Waals surface area contributed by atoms with Gasteiger partial charge in [-0.1, -0.05) is 32.9 Å². The van der Waals surface area contributed by atoms with Crippen LogP contribution in [0.2, 0.25) is 0 Å². The van der Waals surface area contributed by atoms with Crippen LogP contribution in [-0.2, 0) is 0 Å². The molecule has 1 saturated carbocycles. The maximum absolute atomic E-state index is 15.5. The van der Waals surface area contributed by atoms with E-state index in [1.165, 1.54) is 29.8 Å². The van der Waals surface area contributed by atoms with Crippen LogP contribution in [0.5, 0.6) is 0 Å². The molecule has 1 aliphatic heterocycles. The average Bonchev–Trinajstić information content (AvgIpc) is 3.37. The van der Waals surface area contributed by atoms with Crippen LogP contribution in [0, 0.1) is 22.6 Å². The lowest BCUT2D eigenvalue weighted by molar-refractivity contribution is -0.195. The molecule has 42 heavy (non-hydrogen) atoms. The van der Waals surface area contributed by atoms with E-state index < -0.39 is 23.6 Å². The first-order valence-corrected chi connectivity index (χ1v) is 14.2. The molecule has 0 spiro atoms. The Labute approximate surface area is 243 Å². The SMILES string of the molecule is CC(C)(C)CNc1c(C#N)cnc2c(F)cc(N[C@H](C3=CN(C4(C(F)(F)F)CC4)NN3)c3cccc4ncsc34)cc12. The van der Waals surface area contributed by atoms with Gasteiger partial charge in [-0.3, -0.25) is 9.99 Å². The van der Waals surface area contributed by atoms with Gasteiger partial charge in [0.2, 0.25) is 0 Å². The highest BCUT2D eigenvalue weighted by atomic mass is 32.1. The highest BCUT2D eigenvalue weighted by molar-refractivity contribution is 7.17. The quantitative estimate of drug-likeness (QED) is 0.174. The smallest absolute Gasteiger partial charge is 0.383 e. The first-order valence-electron chi connectivity index (χ1n) is 13.3. The standard InChI is InChI=1S/C29H28F4N8S/c1-27(2,3)14-36-23-16(11-34)12-35-24-19(23)9-17(10-20(24)30)38-25(18-5-4-6-21-26(18)42-15-37-21)22-13-41(40-39-22)28(7-8-28)29(31,32)33/h4-6,9-10,12-13,15,25,38-40H,7-8,14H2,1-3H3,(H,35,36)/t25-/m0/s1. The number of fused-ring (bicyclic) bond motifs is 2. The van der Waals surface area contributed by atoms with Gasteiger partial charge in [0, 0.05) is 30.0 Å². The van der Waals surface area contributed by atoms with E-state index in [0.29, 0.717) is 29.0 Å². The fourth-order valence-corrected chi connectivity index (χ4v) is 5.92. The van der Waals surface area contributed by atoms with Gasteiger partial charge in [0.15, 0.2) is 11.4 Å². The molecule has 2 aromatic carbocycles. The van der Waals surface area contributed by atoms with Crippen molar-refractivity contribution in [1.29, 1.82) is 5.26 Å². The van der Waals surface area contributed by atoms with Gasteiger partial charge in [0.1, 0.15) is 11.6 Å². The summed E-state index contributed by atoms with van der Waals surface area (Å²) < 4.78 is 58.1. The molecule has 2 aliphatic rings. The first kappa shape index (κ1) is 28.0. The number of nitriles is 1. The summed E-state index contributed by atoms with van der Waals surface area (Å²) in [5.41, 5.74) is 8.31. The number of alkyl halides is 3. The Morgan fingerprint density at radius 1 is 1.19 bits per heavy atom. The Kier molecular flexibility index (Phi) is 6.66. The van der Waals surface area contributed by atoms with E-state index in [1.54, 1.807) is 11.6 Å². The molecule has 8 nitrogen and oxygen atoms in total. The topological polar surface area (TPSA) is 101 Å². The molecular weight excluding hydrogens is 568 g/mol. The molecule has 1 aliphatic carbocycles. The minimum Gasteiger partial charge on any atom is -0.383 e. The highest BCUT2D eigenvalue weighted by Crippen LogP contribution is 2.54. The zero-order valence-electron chi connectivity index (χ0n) is 23.0. The molecule has 0 amide bonds. The third kappa shape index (κ3) is 4.94. The molecule has 4 aromatic rings. The second-order valence-electron chi connectivity index (χ2n) is 11.8. The zero-order valence-corrected chi connectivity index (χ0v) is 23.8. The summed E-state index contributed by atoms with van der Waals surface area (Å²) in [5.74, 6) is -0.602. The molecule has 218 valence electrons. The minimum absolute atomic E-state index is 0.0219. The number of hydrazine groups is 2. The zero-order chi connectivity index (χ0) is 29.9. The summed E-state index contributed by atoms with van der Waals surface area (Å²) in [6, 6.07) is 9.97. The normalized spacial score (nSPS) is 17.1. The van der Waals surface area contributed by atoms with Crippen molar-refractivity contribution in [3.05, 3.63) is 70.9 Å². The van der Waals surface area contributed by atoms with Crippen molar-refractivity contribution < 1.29 is 17.6 Å². The molecule has 3 heterocycles. The van der Waals surface area contributed by atoms with Crippen molar-refractivity contribution in [3.63, 3.8) is 0 Å². The van der Waals surface area contributed by atoms with Gasteiger partial charge in [0.05, 0.1) is 38.7 Å². The molecule has 0 saturated heterocycles. The number of nitrogens with zero attached hydrogens (tertiary/aromatic N) is 4. The highest BCUT2D eigenvalue weighted by Gasteiger charge is 2.67. The van der Waals surface area contributed by atoms with Gasteiger partial charge in [-0.15, -0.1) is 16.9 Å². The summed E-state index contributed by atoms with van der Waals surface area (Å²) in [5, 5.41) is 17.9. The molecule has 2 aromatic heterocycles. The number of benzene rings is 2. The molecule has 4 N–H and O–H groups in total. The van der Waals surface area contributed by atoms with Crippen molar-refractivity contribution in [2.45, 2.75) is 51.4 Å². The van der Waals surface area contributed by atoms with Crippen LogP contribution < -0.4 is 21.6 Å². The summed E-state index contributed by atoms with van der Waals surface area (Å²) >= 11 is 1.41. The number of anilines is 2. The number of hydrogen-bond acceptors (Lipinski definition) is 9. The maximum Gasteiger partial charge on any atom is 0.413 e. The number of hydrogen-bond donors (Lipinski definition) is 4. The van der Waals surface area contributed by atoms with Crippen LogP contribution in [0.25, 0.3) is 21.1 Å². The van der Waals surface area contributed by atoms with Crippen LogP contribution in [0.3, 0.4) is 0 Å². The lowest BCUT2D eigenvalue weighted by Gasteiger charge is -2.28. The lowest BCUT2D eigenvalue weighted by Crippen LogP contribution is -2.52. The Hall–Kier alpha value is -4.15. The molecule has 0 bridgehead atoms. The molecule has 0 unspecified atom stereocenters. The number of nitrogens with one attached hydrogen (secondary N) is 4. The summed E-state index contributed by atoms with van der Waals surface area (Å²) in [6.07, 6.45) is -1.70. The van der Waals surface area contributed by atoms with Crippen LogP contribution in [0.15, 0.2) is 53.9 Å². The second kappa shape index (κ2) is 9.99. The Balaban J connectivity index is 1.45. The minimum atomic E-state index is -4.42. The maximum atomic E-state index is 15.5. The molecule has 0 radical (unpaired) electrons. The van der Waals surface area contributed by atoms with E-state index in [0.717, 1.165) is 20.8 Å². The van der Waals surface area contributed by atoms with Crippen molar-refractivity contribution >= 4 is 43.8 Å². The fraction of sp³-hybridized carbons (Fsp3) is 0.345. The van der Waals surface area contributed by atoms with E-state index >= 15 is 4.39 Å². The van der Waals surface area contributed by atoms with Gasteiger partial charge in [-0.2, -0.15) is 18.4 Å². The van der Waals surface area contributed by atoms with E-state index in [1.807, 2.05) is 39.0 Å². The average molecular weight is 597 g/mol. The van der Waals surface area contributed by atoms with Gasteiger partial charge in [-0.25, -0.2) is 9.37 Å². The van der Waals surface area contributed by atoms with Crippen LogP contribution in [0.4, 0.5) is 28.9 Å². The van der Waals surface area contributed by atoms with Crippen molar-refractivity contribution in [2.75, 3.05) is 17.2 Å². The van der Waals surface area contributed by atoms with E-state index in [4.69, 9.17) is 0 Å². The van der Waals surface area contributed by atoms with Crippen molar-refractivity contribution in [3.8, 4) is 6.07 Å². The molecule has 13 heteroatoms. The van der Waals surface area contributed by atoms with Gasteiger partial charge in [-0.05, 0) is 42.0 Å². The summed E-state index contributed by atoms with van der Waals surface area (Å²) in [7, 11) is 0. The van der Waals surface area contributed by atoms with Gasteiger partial charge in [0.25, 0.3) is 0 Å². The summed E-state index contributed by atoms with van der Waals surface area (Å²) in [6.45, 7) is 6.64. The third-order valence-corrected chi connectivity index (χ3v) is 8.35. The summed E-state index contributed by atoms with van der Waals surface area (Å²) in [4.78, 5) is 8.58. The first-order chi connectivity index (χ1) is 19.9. The number of halogens is 4. The Morgan fingerprint density at radius 2 is 1.98 bits per heavy atom. The molecule has 1 fully saturated rings. The van der Waals surface area contributed by atoms with Crippen molar-refractivity contribution in [2.24, 2.45) is 5.41 Å². The Morgan fingerprint density at radius 3 is 2.67 bits per heavy atom. The number of rotatable bonds is 7. The van der Waals surface area contributed by atoms with Crippen LogP contribution in [-0.4, -0.2) is 33.2 Å². The number of thiazole rings is 1. The molecular formula is C29H28F4N8S. The number of aromatic nitrogens is 2. The monoisotopic (exact) mass is 596 g/mol. The predicted molar refractivity (Wildman–Crippen MR) is 155 cm³/mol. The van der Waals surface area contributed by atoms with E-state index in [-0.39, 0.29) is 29.3 Å². The molecule has 6 rings (SSSR count). The van der Waals surface area contributed by atoms with Gasteiger partial charge >= 0.3 is 6.18 Å². The predicted octanol–water partition coefficient (Wildman–Crippen LogP) is 6.73. The van der Waals surface area contributed by atoms with Gasteiger partial charge < -0.3 is 16.1 Å². The Bertz CT molecular complexity index is 1750. The molecule has 1 atom stereocenters. The van der Waals surface area contributed by atoms with Crippen molar-refractivity contribution in [1.82, 2.24) is 25.9 Å². The largest absolute Gasteiger partial charge is 0.413 e. The fourth-order valence-electron chi connectivity index (χ4n) is 5.08. The van der Waals surface area contributed by atoms with E-state index in [9.17, 15) is 18.4 Å². The van der Waals surface area contributed by atoms with E-state index in [2.05, 4.69) is 37.6 Å². The van der Waals surface area contributed by atoms with Crippen LogP contribution >= 0.6 is 11.3 Å².